The van der Waals surface area contributed by atoms with Crippen LogP contribution in [0.5, 0.6) is 0 Å². The van der Waals surface area contributed by atoms with Gasteiger partial charge in [-0.15, -0.1) is 0 Å². The molecular formula is C19H28N2. The number of aromatic nitrogens is 2. The highest BCUT2D eigenvalue weighted by atomic mass is 14.9. The van der Waals surface area contributed by atoms with E-state index in [-0.39, 0.29) is 5.41 Å². The van der Waals surface area contributed by atoms with E-state index >= 15 is 0 Å². The Morgan fingerprint density at radius 1 is 0.952 bits per heavy atom. The summed E-state index contributed by atoms with van der Waals surface area (Å²) in [4.78, 5) is 10.0. The lowest BCUT2D eigenvalue weighted by molar-refractivity contribution is -0.00964. The smallest absolute Gasteiger partial charge is 0.135 e. The van der Waals surface area contributed by atoms with Gasteiger partial charge in [0.1, 0.15) is 5.82 Å². The second kappa shape index (κ2) is 4.30. The van der Waals surface area contributed by atoms with Crippen LogP contribution in [-0.4, -0.2) is 9.97 Å². The molecule has 5 rings (SSSR count). The highest BCUT2D eigenvalue weighted by Gasteiger charge is 2.53. The molecule has 21 heavy (non-hydrogen) atoms. The van der Waals surface area contributed by atoms with Gasteiger partial charge in [-0.05, 0) is 69.3 Å². The van der Waals surface area contributed by atoms with Crippen molar-refractivity contribution in [3.8, 4) is 0 Å². The number of hydrogen-bond donors (Lipinski definition) is 0. The van der Waals surface area contributed by atoms with Crippen LogP contribution < -0.4 is 0 Å². The third kappa shape index (κ3) is 2.22. The fraction of sp³-hybridized carbons (Fsp3) is 0.789. The minimum atomic E-state index is 0.116. The summed E-state index contributed by atoms with van der Waals surface area (Å²) < 4.78 is 0. The Kier molecular flexibility index (Phi) is 2.81. The Morgan fingerprint density at radius 3 is 1.95 bits per heavy atom. The van der Waals surface area contributed by atoms with E-state index in [4.69, 9.17) is 9.97 Å². The maximum Gasteiger partial charge on any atom is 0.135 e. The van der Waals surface area contributed by atoms with E-state index < -0.39 is 0 Å². The monoisotopic (exact) mass is 284 g/mol. The van der Waals surface area contributed by atoms with Gasteiger partial charge in [-0.2, -0.15) is 0 Å². The summed E-state index contributed by atoms with van der Waals surface area (Å²) in [6, 6.07) is 2.18. The molecule has 4 saturated carbocycles. The molecule has 2 nitrogen and oxygen atoms in total. The zero-order valence-electron chi connectivity index (χ0n) is 13.9. The van der Waals surface area contributed by atoms with E-state index in [1.165, 1.54) is 50.0 Å². The predicted molar refractivity (Wildman–Crippen MR) is 85.3 cm³/mol. The molecule has 0 amide bonds. The Hall–Kier alpha value is -0.920. The van der Waals surface area contributed by atoms with Crippen molar-refractivity contribution in [2.45, 2.75) is 77.0 Å². The van der Waals surface area contributed by atoms with Gasteiger partial charge in [-0.3, -0.25) is 0 Å². The quantitative estimate of drug-likeness (QED) is 0.756. The summed E-state index contributed by atoms with van der Waals surface area (Å²) in [6.07, 6.45) is 8.51. The van der Waals surface area contributed by atoms with Gasteiger partial charge < -0.3 is 0 Å². The summed E-state index contributed by atoms with van der Waals surface area (Å²) in [5, 5.41) is 0. The van der Waals surface area contributed by atoms with Crippen LogP contribution in [0.3, 0.4) is 0 Å². The highest BCUT2D eigenvalue weighted by molar-refractivity contribution is 5.24. The summed E-state index contributed by atoms with van der Waals surface area (Å²) in [7, 11) is 0. The lowest BCUT2D eigenvalue weighted by Crippen LogP contribution is -2.49. The normalized spacial score (nSPS) is 38.0. The molecule has 0 spiro atoms. The first-order valence-corrected chi connectivity index (χ1v) is 8.71. The van der Waals surface area contributed by atoms with E-state index in [2.05, 4.69) is 33.8 Å². The molecule has 0 unspecified atom stereocenters. The number of rotatable bonds is 1. The molecule has 0 saturated heterocycles. The third-order valence-electron chi connectivity index (χ3n) is 6.14. The van der Waals surface area contributed by atoms with Crippen molar-refractivity contribution in [2.75, 3.05) is 0 Å². The fourth-order valence-electron chi connectivity index (χ4n) is 5.57. The molecular weight excluding hydrogens is 256 g/mol. The van der Waals surface area contributed by atoms with Gasteiger partial charge in [0.25, 0.3) is 0 Å². The van der Waals surface area contributed by atoms with E-state index in [0.717, 1.165) is 23.4 Å². The maximum absolute atomic E-state index is 5.08. The molecule has 0 radical (unpaired) electrons. The minimum absolute atomic E-state index is 0.116. The molecule has 1 aromatic heterocycles. The van der Waals surface area contributed by atoms with Crippen LogP contribution in [0.4, 0.5) is 0 Å². The minimum Gasteiger partial charge on any atom is -0.238 e. The number of aryl methyl sites for hydroxylation is 1. The number of hydrogen-bond acceptors (Lipinski definition) is 2. The van der Waals surface area contributed by atoms with Crippen LogP contribution in [0.25, 0.3) is 0 Å². The topological polar surface area (TPSA) is 25.8 Å². The molecule has 4 bridgehead atoms. The standard InChI is InChI=1S/C19H28N2/c1-12-5-16(18(2,3)4)21-17(20-12)19-9-13-6-14(10-19)8-15(7-13)11-19/h5,13-15H,6-11H2,1-4H3. The summed E-state index contributed by atoms with van der Waals surface area (Å²) >= 11 is 0. The molecule has 1 heterocycles. The zero-order chi connectivity index (χ0) is 14.8. The van der Waals surface area contributed by atoms with Gasteiger partial charge >= 0.3 is 0 Å². The summed E-state index contributed by atoms with van der Waals surface area (Å²) in [5.74, 6) is 4.06. The van der Waals surface area contributed by atoms with Gasteiger partial charge in [-0.25, -0.2) is 9.97 Å². The van der Waals surface area contributed by atoms with Crippen molar-refractivity contribution in [1.82, 2.24) is 9.97 Å². The Morgan fingerprint density at radius 2 is 1.48 bits per heavy atom. The van der Waals surface area contributed by atoms with Crippen molar-refractivity contribution in [2.24, 2.45) is 17.8 Å². The fourth-order valence-corrected chi connectivity index (χ4v) is 5.57. The average Bonchev–Trinajstić information content (AvgIpc) is 2.35. The van der Waals surface area contributed by atoms with Crippen molar-refractivity contribution in [3.63, 3.8) is 0 Å². The largest absolute Gasteiger partial charge is 0.238 e. The Bertz CT molecular complexity index is 532. The SMILES string of the molecule is Cc1cc(C(C)(C)C)nc(C23CC4CC(CC(C4)C2)C3)n1. The summed E-state index contributed by atoms with van der Waals surface area (Å²) in [5.41, 5.74) is 2.81. The van der Waals surface area contributed by atoms with Crippen molar-refractivity contribution in [3.05, 3.63) is 23.3 Å². The van der Waals surface area contributed by atoms with E-state index in [9.17, 15) is 0 Å². The molecule has 2 heteroatoms. The lowest BCUT2D eigenvalue weighted by Gasteiger charge is -2.56. The van der Waals surface area contributed by atoms with E-state index in [1.807, 2.05) is 0 Å². The van der Waals surface area contributed by atoms with Crippen LogP contribution in [0.2, 0.25) is 0 Å². The zero-order valence-corrected chi connectivity index (χ0v) is 13.9. The van der Waals surface area contributed by atoms with Gasteiger partial charge in [0, 0.05) is 22.2 Å². The second-order valence-electron chi connectivity index (χ2n) is 9.17. The average molecular weight is 284 g/mol. The third-order valence-corrected chi connectivity index (χ3v) is 6.14. The van der Waals surface area contributed by atoms with E-state index in [1.54, 1.807) is 0 Å². The Labute approximate surface area is 128 Å². The molecule has 0 atom stereocenters. The number of nitrogens with zero attached hydrogens (tertiary/aromatic N) is 2. The maximum atomic E-state index is 5.08. The first-order chi connectivity index (χ1) is 9.84. The lowest BCUT2D eigenvalue weighted by atomic mass is 9.49. The Balaban J connectivity index is 1.78. The highest BCUT2D eigenvalue weighted by Crippen LogP contribution is 2.60. The molecule has 114 valence electrons. The molecule has 1 aromatic rings. The van der Waals surface area contributed by atoms with Gasteiger partial charge in [0.05, 0.1) is 0 Å². The van der Waals surface area contributed by atoms with Gasteiger partial charge in [0.15, 0.2) is 0 Å². The predicted octanol–water partition coefficient (Wildman–Crippen LogP) is 4.55. The van der Waals surface area contributed by atoms with Crippen molar-refractivity contribution < 1.29 is 0 Å². The molecule has 0 aliphatic heterocycles. The summed E-state index contributed by atoms with van der Waals surface area (Å²) in [6.45, 7) is 8.93. The molecule has 4 aliphatic rings. The van der Waals surface area contributed by atoms with Crippen molar-refractivity contribution >= 4 is 0 Å². The first-order valence-electron chi connectivity index (χ1n) is 8.71. The molecule has 4 aliphatic carbocycles. The molecule has 4 fully saturated rings. The van der Waals surface area contributed by atoms with E-state index in [0.29, 0.717) is 5.41 Å². The van der Waals surface area contributed by atoms with Crippen molar-refractivity contribution in [1.29, 1.82) is 0 Å². The van der Waals surface area contributed by atoms with Crippen LogP contribution in [-0.2, 0) is 10.8 Å². The second-order valence-corrected chi connectivity index (χ2v) is 9.17. The van der Waals surface area contributed by atoms with Crippen LogP contribution in [0.15, 0.2) is 6.07 Å². The molecule has 0 N–H and O–H groups in total. The van der Waals surface area contributed by atoms with Crippen LogP contribution in [0.1, 0.15) is 76.5 Å². The first kappa shape index (κ1) is 13.7. The van der Waals surface area contributed by atoms with Crippen LogP contribution in [0, 0.1) is 24.7 Å². The van der Waals surface area contributed by atoms with Gasteiger partial charge in [-0.1, -0.05) is 20.8 Å². The van der Waals surface area contributed by atoms with Crippen LogP contribution >= 0.6 is 0 Å². The molecule has 0 aromatic carbocycles. The van der Waals surface area contributed by atoms with Gasteiger partial charge in [0.2, 0.25) is 0 Å².